The number of rotatable bonds is 2. The van der Waals surface area contributed by atoms with Crippen molar-refractivity contribution in [3.05, 3.63) is 144 Å². The molecule has 2 radical (unpaired) electrons. The number of alkyl halides is 15. The molecule has 0 N–H and O–H groups in total. The van der Waals surface area contributed by atoms with Gasteiger partial charge in [0, 0.05) is 0 Å². The van der Waals surface area contributed by atoms with E-state index in [2.05, 4.69) is 13.8 Å². The van der Waals surface area contributed by atoms with Gasteiger partial charge in [0.05, 0.1) is 22.3 Å². The van der Waals surface area contributed by atoms with Crippen molar-refractivity contribution in [1.29, 1.82) is 0 Å². The van der Waals surface area contributed by atoms with Gasteiger partial charge < -0.3 is 14.4 Å². The first-order valence-corrected chi connectivity index (χ1v) is 23.2. The van der Waals surface area contributed by atoms with Crippen LogP contribution >= 0.6 is 24.8 Å². The van der Waals surface area contributed by atoms with Crippen LogP contribution in [0, 0.1) is 28.2 Å². The quantitative estimate of drug-likeness (QED) is 0.0921. The first-order valence-electron chi connectivity index (χ1n) is 19.0. The minimum atomic E-state index is -4.87. The van der Waals surface area contributed by atoms with Crippen molar-refractivity contribution in [2.24, 2.45) is 0 Å². The Morgan fingerprint density at radius 3 is 0.910 bits per heavy atom. The molecule has 0 aliphatic heterocycles. The summed E-state index contributed by atoms with van der Waals surface area (Å²) in [6.45, 7) is 21.5. The van der Waals surface area contributed by atoms with Crippen LogP contribution < -0.4 is 0 Å². The molecule has 0 aliphatic carbocycles. The molecule has 0 aromatic heterocycles. The van der Waals surface area contributed by atoms with Crippen LogP contribution in [-0.2, 0) is 58.9 Å². The Hall–Kier alpha value is -3.27. The van der Waals surface area contributed by atoms with Gasteiger partial charge >= 0.3 is 61.1 Å². The summed E-state index contributed by atoms with van der Waals surface area (Å²) in [4.78, 5) is 0. The summed E-state index contributed by atoms with van der Waals surface area (Å²) < 4.78 is 191. The molecule has 6 aromatic carbocycles. The van der Waals surface area contributed by atoms with Gasteiger partial charge in [0.15, 0.2) is 0 Å². The molecule has 67 heavy (non-hydrogen) atoms. The standard InChI is InChI=1S/2C22H19F6.C3H4F3.CH3.2ClH.Si.Zr/c2*1-12-18(20(2,3)4)10-13-6-5-7-17(19(12)13)14-8-15(21(23,24)25)11-16(9-14)22(26,27)28;1-2-3(4,5)6;;;;;/h2*5-11H,1-4H3;1-2H2;1H3;2*1H;;/q4*-1;;;;. The molecule has 0 heterocycles. The third-order valence-electron chi connectivity index (χ3n) is 10.0. The van der Waals surface area contributed by atoms with Crippen molar-refractivity contribution in [2.45, 2.75) is 104 Å². The monoisotopic (exact) mass is 1100 g/mol. The Bertz CT molecular complexity index is 2330. The van der Waals surface area contributed by atoms with Gasteiger partial charge in [-0.15, -0.1) is 93.9 Å². The van der Waals surface area contributed by atoms with E-state index >= 15 is 0 Å². The summed E-state index contributed by atoms with van der Waals surface area (Å²) in [6.07, 6.45) is -24.5. The van der Waals surface area contributed by atoms with Crippen LogP contribution in [0.3, 0.4) is 0 Å². The summed E-state index contributed by atoms with van der Waals surface area (Å²) in [6, 6.07) is 17.4. The third-order valence-corrected chi connectivity index (χ3v) is 10.0. The van der Waals surface area contributed by atoms with Crippen LogP contribution in [0.5, 0.6) is 0 Å². The zero-order chi connectivity index (χ0) is 49.3. The van der Waals surface area contributed by atoms with E-state index in [1.54, 1.807) is 24.3 Å². The number of fused-ring (bicyclic) bond motifs is 2. The van der Waals surface area contributed by atoms with Crippen molar-refractivity contribution >= 4 is 53.2 Å². The molecule has 0 bridgehead atoms. The zero-order valence-corrected chi connectivity index (χ0v) is 42.6. The molecular weight excluding hydrogens is 1050 g/mol. The van der Waals surface area contributed by atoms with Crippen LogP contribution in [0.1, 0.15) is 92.5 Å². The Labute approximate surface area is 409 Å². The van der Waals surface area contributed by atoms with E-state index in [0.717, 1.165) is 57.3 Å². The zero-order valence-electron chi connectivity index (χ0n) is 37.5. The summed E-state index contributed by atoms with van der Waals surface area (Å²) >= 11 is 1.36. The minimum absolute atomic E-state index is 0. The molecule has 0 atom stereocenters. The van der Waals surface area contributed by atoms with E-state index in [1.807, 2.05) is 79.7 Å². The predicted octanol–water partition coefficient (Wildman–Crippen LogP) is 18.4. The van der Waals surface area contributed by atoms with Crippen molar-refractivity contribution in [3.8, 4) is 22.3 Å². The van der Waals surface area contributed by atoms with E-state index < -0.39 is 59.6 Å². The second-order valence-corrected chi connectivity index (χ2v) is 16.9. The fraction of sp³-hybridized carbons (Fsp3) is 0.333. The molecule has 0 nitrogen and oxygen atoms in total. The van der Waals surface area contributed by atoms with Gasteiger partial charge in [-0.05, 0) is 58.4 Å². The van der Waals surface area contributed by atoms with E-state index in [1.165, 1.54) is 23.3 Å². The van der Waals surface area contributed by atoms with E-state index in [9.17, 15) is 65.9 Å². The van der Waals surface area contributed by atoms with Crippen molar-refractivity contribution in [3.63, 3.8) is 0 Å². The average Bonchev–Trinajstić information content (AvgIpc) is 3.71. The molecule has 0 spiro atoms. The summed E-state index contributed by atoms with van der Waals surface area (Å²) in [5.74, 6) is 0. The Kier molecular flexibility index (Phi) is 22.0. The van der Waals surface area contributed by atoms with Crippen LogP contribution in [0.25, 0.3) is 43.8 Å². The second-order valence-electron chi connectivity index (χ2n) is 16.9. The predicted molar refractivity (Wildman–Crippen MR) is 240 cm³/mol. The number of aryl methyl sites for hydroxylation is 2. The molecular formula is C48H47Cl2F15SiZr-4. The molecule has 0 unspecified atom stereocenters. The average molecular weight is 1100 g/mol. The normalized spacial score (nSPS) is 12.3. The van der Waals surface area contributed by atoms with Crippen molar-refractivity contribution in [1.82, 2.24) is 0 Å². The maximum atomic E-state index is 13.2. The van der Waals surface area contributed by atoms with Crippen LogP contribution in [0.4, 0.5) is 65.9 Å². The third kappa shape index (κ3) is 16.1. The van der Waals surface area contributed by atoms with Crippen LogP contribution in [-0.4, -0.2) is 13.1 Å². The van der Waals surface area contributed by atoms with E-state index in [0.29, 0.717) is 21.9 Å². The summed E-state index contributed by atoms with van der Waals surface area (Å²) in [5, 5.41) is 2.96. The SMILES string of the molecule is Cc1c(C(C)(C)C)[cH-]c2cccc(-c3cc(C(F)(F)F)cc(C(F)(F)F)c3)c12.Cc1c(C(C)(C)C)[cH-]c2cccc(-c3cc(C(F)(F)F)cc(C(F)(F)F)c3)c12.Cl.Cl.[CH2-]CC(F)(F)F.[CH3-].[Si]=[Zr]. The Morgan fingerprint density at radius 2 is 0.716 bits per heavy atom. The van der Waals surface area contributed by atoms with Crippen LogP contribution in [0.2, 0.25) is 0 Å². The maximum absolute atomic E-state index is 13.2. The summed E-state index contributed by atoms with van der Waals surface area (Å²) in [7, 11) is 0. The molecule has 0 saturated heterocycles. The van der Waals surface area contributed by atoms with Gasteiger partial charge in [0.1, 0.15) is 0 Å². The van der Waals surface area contributed by atoms with Gasteiger partial charge in [0.2, 0.25) is 0 Å². The van der Waals surface area contributed by atoms with E-state index in [-0.39, 0.29) is 66.3 Å². The van der Waals surface area contributed by atoms with E-state index in [4.69, 9.17) is 0 Å². The molecule has 0 fully saturated rings. The Balaban J connectivity index is 0.00000108. The van der Waals surface area contributed by atoms with Crippen LogP contribution in [0.15, 0.2) is 84.9 Å². The fourth-order valence-corrected chi connectivity index (χ4v) is 7.27. The van der Waals surface area contributed by atoms with Gasteiger partial charge in [-0.2, -0.15) is 77.0 Å². The molecule has 0 saturated carbocycles. The first kappa shape index (κ1) is 63.7. The van der Waals surface area contributed by atoms with Gasteiger partial charge in [-0.25, -0.2) is 0 Å². The van der Waals surface area contributed by atoms with Gasteiger partial charge in [-0.1, -0.05) is 85.1 Å². The number of hydrogen-bond donors (Lipinski definition) is 0. The molecule has 0 amide bonds. The molecule has 0 aliphatic rings. The Morgan fingerprint density at radius 1 is 0.478 bits per heavy atom. The second kappa shape index (κ2) is 23.1. The van der Waals surface area contributed by atoms with Gasteiger partial charge in [0.25, 0.3) is 0 Å². The molecule has 19 heteroatoms. The van der Waals surface area contributed by atoms with Crippen molar-refractivity contribution in [2.75, 3.05) is 0 Å². The first-order chi connectivity index (χ1) is 28.9. The summed E-state index contributed by atoms with van der Waals surface area (Å²) in [5.41, 5.74) is -1.36. The topological polar surface area (TPSA) is 0 Å². The number of hydrogen-bond acceptors (Lipinski definition) is 0. The fourth-order valence-electron chi connectivity index (χ4n) is 7.27. The van der Waals surface area contributed by atoms with Crippen molar-refractivity contribution < 1.29 is 89.2 Å². The number of benzene rings is 4. The number of halogens is 17. The van der Waals surface area contributed by atoms with Gasteiger partial charge in [-0.3, -0.25) is 0 Å². The molecule has 6 rings (SSSR count). The molecule has 370 valence electrons. The molecule has 6 aromatic rings.